The average molecular weight is 225 g/mol. The molecule has 0 bridgehead atoms. The summed E-state index contributed by atoms with van der Waals surface area (Å²) < 4.78 is 0. The Morgan fingerprint density at radius 3 is 2.24 bits per heavy atom. The van der Waals surface area contributed by atoms with Gasteiger partial charge in [-0.1, -0.05) is 36.4 Å². The van der Waals surface area contributed by atoms with Gasteiger partial charge < -0.3 is 4.90 Å². The lowest BCUT2D eigenvalue weighted by Crippen LogP contribution is -2.11. The van der Waals surface area contributed by atoms with Gasteiger partial charge in [0.05, 0.1) is 0 Å². The molecule has 2 rings (SSSR count). The Morgan fingerprint density at radius 2 is 1.65 bits per heavy atom. The van der Waals surface area contributed by atoms with Crippen LogP contribution in [0, 0.1) is 0 Å². The lowest BCUT2D eigenvalue weighted by atomic mass is 10.0. The van der Waals surface area contributed by atoms with Gasteiger partial charge in [0.1, 0.15) is 0 Å². The minimum atomic E-state index is 0.717. The van der Waals surface area contributed by atoms with Crippen LogP contribution in [0.1, 0.15) is 10.4 Å². The van der Waals surface area contributed by atoms with Crippen LogP contribution in [0.4, 0.5) is 5.69 Å². The maximum atomic E-state index is 11.0. The highest BCUT2D eigenvalue weighted by atomic mass is 16.1. The summed E-state index contributed by atoms with van der Waals surface area (Å²) in [5, 5.41) is 0. The van der Waals surface area contributed by atoms with Crippen LogP contribution in [0.2, 0.25) is 0 Å². The maximum Gasteiger partial charge on any atom is 0.152 e. The van der Waals surface area contributed by atoms with E-state index in [2.05, 4.69) is 12.1 Å². The molecule has 0 aliphatic carbocycles. The smallest absolute Gasteiger partial charge is 0.152 e. The Labute approximate surface area is 102 Å². The Hall–Kier alpha value is -2.09. The number of aldehydes is 1. The van der Waals surface area contributed by atoms with Gasteiger partial charge >= 0.3 is 0 Å². The van der Waals surface area contributed by atoms with Gasteiger partial charge in [-0.3, -0.25) is 4.79 Å². The summed E-state index contributed by atoms with van der Waals surface area (Å²) in [7, 11) is 3.88. The van der Waals surface area contributed by atoms with Crippen molar-refractivity contribution in [1.82, 2.24) is 0 Å². The molecule has 2 aromatic rings. The van der Waals surface area contributed by atoms with Crippen LogP contribution >= 0.6 is 0 Å². The van der Waals surface area contributed by atoms with Crippen LogP contribution in [0.25, 0.3) is 11.1 Å². The SMILES string of the molecule is CN(C)c1cc(-c2ccccc2)ccc1C=O. The number of hydrogen-bond donors (Lipinski definition) is 0. The lowest BCUT2D eigenvalue weighted by molar-refractivity contribution is 0.112. The molecule has 0 atom stereocenters. The fourth-order valence-electron chi connectivity index (χ4n) is 1.84. The molecule has 0 N–H and O–H groups in total. The molecule has 0 unspecified atom stereocenters. The van der Waals surface area contributed by atoms with Crippen molar-refractivity contribution >= 4 is 12.0 Å². The quantitative estimate of drug-likeness (QED) is 0.747. The first-order valence-corrected chi connectivity index (χ1v) is 5.54. The average Bonchev–Trinajstić information content (AvgIpc) is 2.39. The van der Waals surface area contributed by atoms with Crippen molar-refractivity contribution in [3.63, 3.8) is 0 Å². The summed E-state index contributed by atoms with van der Waals surface area (Å²) in [5.41, 5.74) is 3.95. The third-order valence-corrected chi connectivity index (χ3v) is 2.75. The number of carbonyl (C=O) groups is 1. The number of benzene rings is 2. The van der Waals surface area contributed by atoms with E-state index in [0.717, 1.165) is 28.7 Å². The molecule has 0 heterocycles. The van der Waals surface area contributed by atoms with E-state index in [-0.39, 0.29) is 0 Å². The molecule has 2 aromatic carbocycles. The molecule has 0 radical (unpaired) electrons. The van der Waals surface area contributed by atoms with Crippen molar-refractivity contribution < 1.29 is 4.79 Å². The fraction of sp³-hybridized carbons (Fsp3) is 0.133. The van der Waals surface area contributed by atoms with Crippen LogP contribution < -0.4 is 4.90 Å². The van der Waals surface area contributed by atoms with E-state index in [4.69, 9.17) is 0 Å². The largest absolute Gasteiger partial charge is 0.377 e. The third kappa shape index (κ3) is 2.36. The Balaban J connectivity index is 2.51. The van der Waals surface area contributed by atoms with Crippen LogP contribution in [0.5, 0.6) is 0 Å². The summed E-state index contributed by atoms with van der Waals surface area (Å²) in [5.74, 6) is 0. The molecule has 17 heavy (non-hydrogen) atoms. The van der Waals surface area contributed by atoms with E-state index in [1.165, 1.54) is 0 Å². The van der Waals surface area contributed by atoms with Gasteiger partial charge in [0, 0.05) is 25.3 Å². The molecule has 86 valence electrons. The first kappa shape index (κ1) is 11.4. The topological polar surface area (TPSA) is 20.3 Å². The van der Waals surface area contributed by atoms with Crippen molar-refractivity contribution in [2.75, 3.05) is 19.0 Å². The highest BCUT2D eigenvalue weighted by Crippen LogP contribution is 2.26. The van der Waals surface area contributed by atoms with E-state index >= 15 is 0 Å². The molecular weight excluding hydrogens is 210 g/mol. The van der Waals surface area contributed by atoms with Crippen molar-refractivity contribution in [1.29, 1.82) is 0 Å². The Morgan fingerprint density at radius 1 is 0.941 bits per heavy atom. The van der Waals surface area contributed by atoms with Crippen LogP contribution in [-0.2, 0) is 0 Å². The van der Waals surface area contributed by atoms with Gasteiger partial charge in [0.15, 0.2) is 6.29 Å². The second kappa shape index (κ2) is 4.83. The molecule has 0 fully saturated rings. The predicted octanol–water partition coefficient (Wildman–Crippen LogP) is 3.23. The van der Waals surface area contributed by atoms with E-state index in [1.807, 2.05) is 55.4 Å². The normalized spacial score (nSPS) is 10.0. The zero-order valence-corrected chi connectivity index (χ0v) is 10.1. The minimum absolute atomic E-state index is 0.717. The fourth-order valence-corrected chi connectivity index (χ4v) is 1.84. The van der Waals surface area contributed by atoms with Gasteiger partial charge in [0.25, 0.3) is 0 Å². The number of hydrogen-bond acceptors (Lipinski definition) is 2. The molecule has 0 spiro atoms. The van der Waals surface area contributed by atoms with E-state index in [0.29, 0.717) is 0 Å². The first-order valence-electron chi connectivity index (χ1n) is 5.54. The number of carbonyl (C=O) groups excluding carboxylic acids is 1. The van der Waals surface area contributed by atoms with E-state index in [1.54, 1.807) is 0 Å². The number of nitrogens with zero attached hydrogens (tertiary/aromatic N) is 1. The lowest BCUT2D eigenvalue weighted by Gasteiger charge is -2.16. The standard InChI is InChI=1S/C15H15NO/c1-16(2)15-10-13(8-9-14(15)11-17)12-6-4-3-5-7-12/h3-11H,1-2H3. The molecule has 0 aliphatic heterocycles. The van der Waals surface area contributed by atoms with Gasteiger partial charge in [-0.25, -0.2) is 0 Å². The zero-order chi connectivity index (χ0) is 12.3. The maximum absolute atomic E-state index is 11.0. The van der Waals surface area contributed by atoms with Crippen molar-refractivity contribution in [2.24, 2.45) is 0 Å². The van der Waals surface area contributed by atoms with E-state index < -0.39 is 0 Å². The third-order valence-electron chi connectivity index (χ3n) is 2.75. The zero-order valence-electron chi connectivity index (χ0n) is 10.1. The summed E-state index contributed by atoms with van der Waals surface area (Å²) in [6.07, 6.45) is 0.893. The molecule has 0 saturated heterocycles. The molecule has 0 saturated carbocycles. The Kier molecular flexibility index (Phi) is 3.24. The molecule has 2 nitrogen and oxygen atoms in total. The summed E-state index contributed by atoms with van der Waals surface area (Å²) in [4.78, 5) is 12.9. The van der Waals surface area contributed by atoms with Crippen molar-refractivity contribution in [2.45, 2.75) is 0 Å². The molecule has 0 aliphatic rings. The highest BCUT2D eigenvalue weighted by molar-refractivity contribution is 5.87. The predicted molar refractivity (Wildman–Crippen MR) is 71.6 cm³/mol. The number of anilines is 1. The van der Waals surface area contributed by atoms with Gasteiger partial charge in [0.2, 0.25) is 0 Å². The molecule has 0 amide bonds. The van der Waals surface area contributed by atoms with E-state index in [9.17, 15) is 4.79 Å². The van der Waals surface area contributed by atoms with Crippen molar-refractivity contribution in [3.8, 4) is 11.1 Å². The number of rotatable bonds is 3. The second-order valence-electron chi connectivity index (χ2n) is 4.15. The second-order valence-corrected chi connectivity index (χ2v) is 4.15. The van der Waals surface area contributed by atoms with Gasteiger partial charge in [-0.2, -0.15) is 0 Å². The van der Waals surface area contributed by atoms with Crippen LogP contribution in [0.3, 0.4) is 0 Å². The van der Waals surface area contributed by atoms with Gasteiger partial charge in [-0.05, 0) is 23.3 Å². The monoisotopic (exact) mass is 225 g/mol. The highest BCUT2D eigenvalue weighted by Gasteiger charge is 2.06. The summed E-state index contributed by atoms with van der Waals surface area (Å²) in [6.45, 7) is 0. The molecule has 2 heteroatoms. The van der Waals surface area contributed by atoms with Crippen molar-refractivity contribution in [3.05, 3.63) is 54.1 Å². The Bertz CT molecular complexity index is 518. The molecule has 0 aromatic heterocycles. The summed E-state index contributed by atoms with van der Waals surface area (Å²) in [6, 6.07) is 16.0. The van der Waals surface area contributed by atoms with Crippen LogP contribution in [-0.4, -0.2) is 20.4 Å². The van der Waals surface area contributed by atoms with Gasteiger partial charge in [-0.15, -0.1) is 0 Å². The van der Waals surface area contributed by atoms with Crippen LogP contribution in [0.15, 0.2) is 48.5 Å². The first-order chi connectivity index (χ1) is 8.22. The molecular formula is C15H15NO. The minimum Gasteiger partial charge on any atom is -0.377 e. The summed E-state index contributed by atoms with van der Waals surface area (Å²) >= 11 is 0.